The van der Waals surface area contributed by atoms with Crippen molar-refractivity contribution in [2.45, 2.75) is 70.5 Å². The lowest BCUT2D eigenvalue weighted by Crippen LogP contribution is -2.57. The molecule has 216 valence electrons. The summed E-state index contributed by atoms with van der Waals surface area (Å²) in [4.78, 5) is 36.3. The summed E-state index contributed by atoms with van der Waals surface area (Å²) in [5.74, 6) is 0.362. The predicted molar refractivity (Wildman–Crippen MR) is 162 cm³/mol. The fraction of sp³-hybridized carbons (Fsp3) is 0.500. The molecule has 1 N–H and O–H groups in total. The monoisotopic (exact) mass is 553 g/mol. The number of amides is 2. The van der Waals surface area contributed by atoms with Crippen molar-refractivity contribution >= 4 is 6.03 Å². The number of carbonyl (C=O) groups excluding carboxylic acids is 1. The Morgan fingerprint density at radius 3 is 2.44 bits per heavy atom. The first-order valence-electron chi connectivity index (χ1n) is 15.5. The zero-order valence-corrected chi connectivity index (χ0v) is 24.3. The molecule has 2 saturated heterocycles. The largest absolute Gasteiger partial charge is 0.324 e. The molecular weight excluding hydrogens is 510 g/mol. The Labute approximate surface area is 243 Å². The highest BCUT2D eigenvalue weighted by atomic mass is 16.2. The molecule has 1 spiro atoms. The molecule has 0 unspecified atom stereocenters. The number of rotatable bonds is 6. The standard InChI is InChI=1S/C34H43N5O2/c1-2-35-29-16-20-39(31(21-29)27-13-7-4-8-14-27)33(41)37-19-15-28(34(24-37)17-9-10-18-34)23-38-25-36-30(22-32(38)40)26-11-5-3-6-12-26/h3-8,11-14,22,25,28-29,31,35H,2,9-10,15-21,23-24H2,1H3/t28-,29+,31-/m0/s1. The summed E-state index contributed by atoms with van der Waals surface area (Å²) in [5, 5.41) is 3.62. The molecule has 6 rings (SSSR count). The van der Waals surface area contributed by atoms with Crippen LogP contribution in [0.4, 0.5) is 4.79 Å². The lowest BCUT2D eigenvalue weighted by molar-refractivity contribution is 0.0207. The number of nitrogens with one attached hydrogen (secondary N) is 1. The number of benzene rings is 2. The van der Waals surface area contributed by atoms with Crippen molar-refractivity contribution < 1.29 is 4.79 Å². The Hall–Kier alpha value is -3.45. The highest BCUT2D eigenvalue weighted by Gasteiger charge is 2.47. The van der Waals surface area contributed by atoms with Crippen LogP contribution in [0.1, 0.15) is 63.5 Å². The zero-order valence-electron chi connectivity index (χ0n) is 24.3. The van der Waals surface area contributed by atoms with Crippen LogP contribution in [0.15, 0.2) is 77.9 Å². The van der Waals surface area contributed by atoms with Crippen LogP contribution in [-0.4, -0.2) is 57.6 Å². The number of carbonyl (C=O) groups is 1. The van der Waals surface area contributed by atoms with Crippen molar-refractivity contribution in [3.8, 4) is 11.3 Å². The minimum Gasteiger partial charge on any atom is -0.324 e. The fourth-order valence-electron chi connectivity index (χ4n) is 7.71. The second-order valence-electron chi connectivity index (χ2n) is 12.3. The lowest BCUT2D eigenvalue weighted by Gasteiger charge is -2.49. The van der Waals surface area contributed by atoms with Crippen LogP contribution in [-0.2, 0) is 6.54 Å². The van der Waals surface area contributed by atoms with E-state index in [0.29, 0.717) is 24.2 Å². The van der Waals surface area contributed by atoms with Crippen molar-refractivity contribution in [3.05, 3.63) is 89.0 Å². The summed E-state index contributed by atoms with van der Waals surface area (Å²) in [7, 11) is 0. The molecule has 0 bridgehead atoms. The molecule has 2 amide bonds. The van der Waals surface area contributed by atoms with Gasteiger partial charge in [-0.25, -0.2) is 9.78 Å². The van der Waals surface area contributed by atoms with E-state index in [-0.39, 0.29) is 23.0 Å². The Morgan fingerprint density at radius 1 is 1.00 bits per heavy atom. The lowest BCUT2D eigenvalue weighted by atomic mass is 9.69. The van der Waals surface area contributed by atoms with E-state index in [1.807, 2.05) is 36.4 Å². The highest BCUT2D eigenvalue weighted by molar-refractivity contribution is 5.75. The number of urea groups is 1. The number of hydrogen-bond donors (Lipinski definition) is 1. The summed E-state index contributed by atoms with van der Waals surface area (Å²) >= 11 is 0. The van der Waals surface area contributed by atoms with Crippen LogP contribution in [0, 0.1) is 11.3 Å². The van der Waals surface area contributed by atoms with E-state index in [1.54, 1.807) is 17.0 Å². The third-order valence-corrected chi connectivity index (χ3v) is 9.88. The molecule has 3 heterocycles. The summed E-state index contributed by atoms with van der Waals surface area (Å²) < 4.78 is 1.80. The average Bonchev–Trinajstić information content (AvgIpc) is 3.48. The van der Waals surface area contributed by atoms with Gasteiger partial charge >= 0.3 is 6.03 Å². The quantitative estimate of drug-likeness (QED) is 0.423. The van der Waals surface area contributed by atoms with E-state index < -0.39 is 0 Å². The summed E-state index contributed by atoms with van der Waals surface area (Å²) in [5.41, 5.74) is 2.96. The molecule has 3 fully saturated rings. The summed E-state index contributed by atoms with van der Waals surface area (Å²) in [6, 6.07) is 22.8. The van der Waals surface area contributed by atoms with Gasteiger partial charge in [-0.05, 0) is 55.5 Å². The normalized spacial score (nSPS) is 24.1. The number of piperidine rings is 2. The van der Waals surface area contributed by atoms with Gasteiger partial charge in [-0.1, -0.05) is 80.4 Å². The van der Waals surface area contributed by atoms with Gasteiger partial charge in [0, 0.05) is 43.9 Å². The van der Waals surface area contributed by atoms with Gasteiger partial charge in [0.05, 0.1) is 18.1 Å². The van der Waals surface area contributed by atoms with Crippen LogP contribution >= 0.6 is 0 Å². The minimum absolute atomic E-state index is 0.000214. The maximum absolute atomic E-state index is 14.2. The van der Waals surface area contributed by atoms with Crippen LogP contribution < -0.4 is 10.9 Å². The third-order valence-electron chi connectivity index (χ3n) is 9.88. The van der Waals surface area contributed by atoms with E-state index in [1.165, 1.54) is 18.4 Å². The Morgan fingerprint density at radius 2 is 1.73 bits per heavy atom. The van der Waals surface area contributed by atoms with Crippen LogP contribution in [0.3, 0.4) is 0 Å². The molecule has 7 nitrogen and oxygen atoms in total. The van der Waals surface area contributed by atoms with Crippen molar-refractivity contribution in [2.75, 3.05) is 26.2 Å². The van der Waals surface area contributed by atoms with Gasteiger partial charge in [-0.3, -0.25) is 9.36 Å². The molecular formula is C34H43N5O2. The maximum Gasteiger partial charge on any atom is 0.320 e. The van der Waals surface area contributed by atoms with Crippen molar-refractivity contribution in [1.82, 2.24) is 24.7 Å². The van der Waals surface area contributed by atoms with Crippen LogP contribution in [0.5, 0.6) is 0 Å². The summed E-state index contributed by atoms with van der Waals surface area (Å²) in [6.07, 6.45) is 9.21. The van der Waals surface area contributed by atoms with Crippen LogP contribution in [0.25, 0.3) is 11.3 Å². The van der Waals surface area contributed by atoms with E-state index in [4.69, 9.17) is 0 Å². The van der Waals surface area contributed by atoms with Gasteiger partial charge in [-0.15, -0.1) is 0 Å². The Balaban J connectivity index is 1.19. The SMILES string of the molecule is CCN[C@@H]1CCN(C(=O)N2CC[C@@H](Cn3cnc(-c4ccccc4)cc3=O)C3(CCCC3)C2)[C@H](c2ccccc2)C1. The first-order chi connectivity index (χ1) is 20.1. The number of aromatic nitrogens is 2. The van der Waals surface area contributed by atoms with Crippen molar-refractivity contribution in [3.63, 3.8) is 0 Å². The van der Waals surface area contributed by atoms with E-state index >= 15 is 0 Å². The van der Waals surface area contributed by atoms with Gasteiger partial charge in [0.1, 0.15) is 0 Å². The number of likely N-dealkylation sites (tertiary alicyclic amines) is 2. The first-order valence-corrected chi connectivity index (χ1v) is 15.5. The second kappa shape index (κ2) is 12.2. The van der Waals surface area contributed by atoms with Gasteiger partial charge in [0.15, 0.2) is 0 Å². The van der Waals surface area contributed by atoms with Gasteiger partial charge < -0.3 is 15.1 Å². The first kappa shape index (κ1) is 27.7. The van der Waals surface area contributed by atoms with E-state index in [2.05, 4.69) is 51.3 Å². The molecule has 3 atom stereocenters. The molecule has 2 aliphatic heterocycles. The Bertz CT molecular complexity index is 1370. The maximum atomic E-state index is 14.2. The molecule has 2 aromatic carbocycles. The molecule has 1 aromatic heterocycles. The molecule has 1 saturated carbocycles. The van der Waals surface area contributed by atoms with Gasteiger partial charge in [0.2, 0.25) is 0 Å². The molecule has 3 aromatic rings. The second-order valence-corrected chi connectivity index (χ2v) is 12.3. The average molecular weight is 554 g/mol. The molecule has 41 heavy (non-hydrogen) atoms. The van der Waals surface area contributed by atoms with E-state index in [0.717, 1.165) is 63.8 Å². The molecule has 1 aliphatic carbocycles. The van der Waals surface area contributed by atoms with Gasteiger partial charge in [0.25, 0.3) is 5.56 Å². The zero-order chi connectivity index (χ0) is 28.2. The number of hydrogen-bond acceptors (Lipinski definition) is 4. The molecule has 7 heteroatoms. The smallest absolute Gasteiger partial charge is 0.320 e. The summed E-state index contributed by atoms with van der Waals surface area (Å²) in [6.45, 7) is 6.08. The molecule has 3 aliphatic rings. The number of nitrogens with zero attached hydrogens (tertiary/aromatic N) is 4. The van der Waals surface area contributed by atoms with Crippen molar-refractivity contribution in [2.24, 2.45) is 11.3 Å². The third kappa shape index (κ3) is 5.82. The minimum atomic E-state index is -0.000214. The fourth-order valence-corrected chi connectivity index (χ4v) is 7.71. The van der Waals surface area contributed by atoms with Gasteiger partial charge in [-0.2, -0.15) is 0 Å². The topological polar surface area (TPSA) is 70.5 Å². The predicted octanol–water partition coefficient (Wildman–Crippen LogP) is 5.73. The highest BCUT2D eigenvalue weighted by Crippen LogP contribution is 2.49. The Kier molecular flexibility index (Phi) is 8.24. The van der Waals surface area contributed by atoms with Crippen LogP contribution in [0.2, 0.25) is 0 Å². The van der Waals surface area contributed by atoms with Crippen molar-refractivity contribution in [1.29, 1.82) is 0 Å². The van der Waals surface area contributed by atoms with E-state index in [9.17, 15) is 9.59 Å². The molecule has 0 radical (unpaired) electrons.